The second-order valence-electron chi connectivity index (χ2n) is 3.37. The van der Waals surface area contributed by atoms with Gasteiger partial charge >= 0.3 is 0 Å². The Morgan fingerprint density at radius 2 is 1.85 bits per heavy atom. The average Bonchev–Trinajstić information content (AvgIpc) is 2.19. The third-order valence-corrected chi connectivity index (χ3v) is 6.54. The van der Waals surface area contributed by atoms with Crippen LogP contribution >= 0.6 is 11.6 Å². The van der Waals surface area contributed by atoms with Gasteiger partial charge in [0.2, 0.25) is 0 Å². The van der Waals surface area contributed by atoms with Crippen LogP contribution in [0.3, 0.4) is 0 Å². The van der Waals surface area contributed by atoms with Gasteiger partial charge in [0.05, 0.1) is 8.80 Å². The molecule has 0 heterocycles. The zero-order valence-corrected chi connectivity index (χ0v) is 10.1. The molecule has 0 spiro atoms. The van der Waals surface area contributed by atoms with E-state index in [0.717, 1.165) is 5.88 Å². The smallest absolute Gasteiger partial charge is 0.0719 e. The Morgan fingerprint density at radius 3 is 2.38 bits per heavy atom. The molecular formula is C11H17ClSi. The molecule has 2 heteroatoms. The average molecular weight is 213 g/mol. The molecule has 0 amide bonds. The number of rotatable bonds is 5. The van der Waals surface area contributed by atoms with Gasteiger partial charge < -0.3 is 0 Å². The lowest BCUT2D eigenvalue weighted by Crippen LogP contribution is -2.29. The predicted octanol–water partition coefficient (Wildman–Crippen LogP) is 2.77. The normalized spacial score (nSPS) is 12.8. The molecule has 1 aromatic rings. The minimum absolute atomic E-state index is 0.724. The van der Waals surface area contributed by atoms with Crippen LogP contribution in [0.2, 0.25) is 12.1 Å². The molecule has 0 fully saturated rings. The number of benzene rings is 1. The second-order valence-corrected chi connectivity index (χ2v) is 6.97. The van der Waals surface area contributed by atoms with Crippen LogP contribution in [0.5, 0.6) is 0 Å². The van der Waals surface area contributed by atoms with Gasteiger partial charge in [0.25, 0.3) is 0 Å². The lowest BCUT2D eigenvalue weighted by atomic mass is 10.4. The van der Waals surface area contributed by atoms with Gasteiger partial charge in [-0.15, -0.1) is 11.6 Å². The van der Waals surface area contributed by atoms with Crippen molar-refractivity contribution < 1.29 is 0 Å². The van der Waals surface area contributed by atoms with Crippen LogP contribution in [0, 0.1) is 0 Å². The molecule has 0 nitrogen and oxygen atoms in total. The van der Waals surface area contributed by atoms with E-state index in [1.807, 2.05) is 0 Å². The highest BCUT2D eigenvalue weighted by atomic mass is 35.5. The van der Waals surface area contributed by atoms with Crippen molar-refractivity contribution in [3.63, 3.8) is 0 Å². The van der Waals surface area contributed by atoms with Gasteiger partial charge in [-0.25, -0.2) is 0 Å². The Labute approximate surface area is 87.5 Å². The summed E-state index contributed by atoms with van der Waals surface area (Å²) in [5, 5.41) is 1.57. The maximum absolute atomic E-state index is 5.82. The zero-order chi connectivity index (χ0) is 9.52. The van der Waals surface area contributed by atoms with Crippen LogP contribution in [-0.4, -0.2) is 14.7 Å². The molecule has 0 radical (unpaired) electrons. The van der Waals surface area contributed by atoms with E-state index >= 15 is 0 Å². The Hall–Kier alpha value is -0.273. The standard InChI is InChI=1S/C11H17ClSi/c1-2-9-13(10-8-12)11-6-4-3-5-7-11/h3-7,13H,2,8-10H2,1H3. The third kappa shape index (κ3) is 3.53. The summed E-state index contributed by atoms with van der Waals surface area (Å²) in [6.45, 7) is 2.26. The van der Waals surface area contributed by atoms with Crippen molar-refractivity contribution in [2.45, 2.75) is 25.4 Å². The molecule has 0 saturated heterocycles. The summed E-state index contributed by atoms with van der Waals surface area (Å²) in [5.74, 6) is 0.825. The van der Waals surface area contributed by atoms with E-state index in [-0.39, 0.29) is 0 Å². The van der Waals surface area contributed by atoms with E-state index in [0.29, 0.717) is 0 Å². The first-order valence-corrected chi connectivity index (χ1v) is 7.74. The van der Waals surface area contributed by atoms with Crippen LogP contribution < -0.4 is 5.19 Å². The van der Waals surface area contributed by atoms with Crippen LogP contribution in [0.4, 0.5) is 0 Å². The molecule has 1 aromatic carbocycles. The van der Waals surface area contributed by atoms with E-state index in [1.165, 1.54) is 18.5 Å². The summed E-state index contributed by atoms with van der Waals surface area (Å²) in [5.41, 5.74) is 0. The molecule has 0 aliphatic carbocycles. The van der Waals surface area contributed by atoms with Gasteiger partial charge in [0, 0.05) is 5.88 Å². The summed E-state index contributed by atoms with van der Waals surface area (Å²) in [7, 11) is -0.724. The lowest BCUT2D eigenvalue weighted by molar-refractivity contribution is 1.06. The van der Waals surface area contributed by atoms with Crippen molar-refractivity contribution in [2.24, 2.45) is 0 Å². The Balaban J connectivity index is 2.64. The molecule has 1 rings (SSSR count). The van der Waals surface area contributed by atoms with E-state index < -0.39 is 8.80 Å². The third-order valence-electron chi connectivity index (χ3n) is 2.37. The summed E-state index contributed by atoms with van der Waals surface area (Å²) in [6, 6.07) is 13.5. The first-order chi connectivity index (χ1) is 6.38. The van der Waals surface area contributed by atoms with Crippen molar-refractivity contribution >= 4 is 25.6 Å². The molecule has 13 heavy (non-hydrogen) atoms. The molecule has 0 N–H and O–H groups in total. The van der Waals surface area contributed by atoms with Crippen LogP contribution in [-0.2, 0) is 0 Å². The minimum atomic E-state index is -0.724. The highest BCUT2D eigenvalue weighted by molar-refractivity contribution is 6.73. The molecule has 72 valence electrons. The van der Waals surface area contributed by atoms with E-state index in [9.17, 15) is 0 Å². The fourth-order valence-electron chi connectivity index (χ4n) is 1.68. The quantitative estimate of drug-likeness (QED) is 0.520. The summed E-state index contributed by atoms with van der Waals surface area (Å²) in [6.07, 6.45) is 1.29. The van der Waals surface area contributed by atoms with Crippen molar-refractivity contribution in [3.8, 4) is 0 Å². The molecule has 0 bridgehead atoms. The van der Waals surface area contributed by atoms with Crippen LogP contribution in [0.25, 0.3) is 0 Å². The van der Waals surface area contributed by atoms with Crippen molar-refractivity contribution in [2.75, 3.05) is 5.88 Å². The van der Waals surface area contributed by atoms with Gasteiger partial charge in [-0.1, -0.05) is 54.9 Å². The summed E-state index contributed by atoms with van der Waals surface area (Å²) in [4.78, 5) is 0. The van der Waals surface area contributed by atoms with E-state index in [4.69, 9.17) is 11.6 Å². The topological polar surface area (TPSA) is 0 Å². The van der Waals surface area contributed by atoms with Gasteiger partial charge in [-0.05, 0) is 6.04 Å². The number of alkyl halides is 1. The molecular weight excluding hydrogens is 196 g/mol. The Kier molecular flexibility index (Phi) is 5.17. The molecule has 0 saturated carbocycles. The SMILES string of the molecule is CCC[SiH](CCCl)c1ccccc1. The van der Waals surface area contributed by atoms with Gasteiger partial charge in [-0.3, -0.25) is 0 Å². The summed E-state index contributed by atoms with van der Waals surface area (Å²) < 4.78 is 0. The van der Waals surface area contributed by atoms with Gasteiger partial charge in [-0.2, -0.15) is 0 Å². The number of hydrogen-bond donors (Lipinski definition) is 0. The first-order valence-electron chi connectivity index (χ1n) is 4.99. The molecule has 1 atom stereocenters. The van der Waals surface area contributed by atoms with Gasteiger partial charge in [0.1, 0.15) is 0 Å². The summed E-state index contributed by atoms with van der Waals surface area (Å²) >= 11 is 5.82. The molecule has 0 aromatic heterocycles. The Bertz CT molecular complexity index is 217. The maximum Gasteiger partial charge on any atom is 0.0719 e. The molecule has 0 aliphatic heterocycles. The second kappa shape index (κ2) is 6.22. The largest absolute Gasteiger partial charge is 0.127 e. The fraction of sp³-hybridized carbons (Fsp3) is 0.455. The van der Waals surface area contributed by atoms with Crippen LogP contribution in [0.1, 0.15) is 13.3 Å². The maximum atomic E-state index is 5.82. The van der Waals surface area contributed by atoms with Crippen molar-refractivity contribution in [3.05, 3.63) is 30.3 Å². The zero-order valence-electron chi connectivity index (χ0n) is 8.17. The van der Waals surface area contributed by atoms with Crippen molar-refractivity contribution in [1.29, 1.82) is 0 Å². The Morgan fingerprint density at radius 1 is 1.15 bits per heavy atom. The highest BCUT2D eigenvalue weighted by Crippen LogP contribution is 2.05. The number of halogens is 1. The first kappa shape index (κ1) is 10.8. The van der Waals surface area contributed by atoms with Gasteiger partial charge in [0.15, 0.2) is 0 Å². The monoisotopic (exact) mass is 212 g/mol. The predicted molar refractivity (Wildman–Crippen MR) is 63.9 cm³/mol. The molecule has 0 aliphatic rings. The lowest BCUT2D eigenvalue weighted by Gasteiger charge is -2.12. The highest BCUT2D eigenvalue weighted by Gasteiger charge is 2.10. The minimum Gasteiger partial charge on any atom is -0.127 e. The number of hydrogen-bond acceptors (Lipinski definition) is 0. The van der Waals surface area contributed by atoms with Crippen LogP contribution in [0.15, 0.2) is 30.3 Å². The fourth-order valence-corrected chi connectivity index (χ4v) is 5.16. The van der Waals surface area contributed by atoms with E-state index in [2.05, 4.69) is 37.3 Å². The molecule has 1 unspecified atom stereocenters. The van der Waals surface area contributed by atoms with E-state index in [1.54, 1.807) is 5.19 Å². The van der Waals surface area contributed by atoms with Crippen molar-refractivity contribution in [1.82, 2.24) is 0 Å².